The van der Waals surface area contributed by atoms with E-state index in [0.717, 1.165) is 37.4 Å². The van der Waals surface area contributed by atoms with Crippen LogP contribution in [0, 0.1) is 13.8 Å². The van der Waals surface area contributed by atoms with E-state index in [0.29, 0.717) is 0 Å². The third kappa shape index (κ3) is 3.27. The molecule has 4 heteroatoms. The molecule has 0 radical (unpaired) electrons. The van der Waals surface area contributed by atoms with E-state index >= 15 is 0 Å². The lowest BCUT2D eigenvalue weighted by molar-refractivity contribution is -0.129. The van der Waals surface area contributed by atoms with Crippen molar-refractivity contribution in [2.45, 2.75) is 33.2 Å². The highest BCUT2D eigenvalue weighted by atomic mass is 16.2. The topological polar surface area (TPSA) is 35.6 Å². The van der Waals surface area contributed by atoms with Gasteiger partial charge < -0.3 is 10.2 Å². The fourth-order valence-electron chi connectivity index (χ4n) is 3.06. The van der Waals surface area contributed by atoms with E-state index < -0.39 is 5.54 Å². The molecule has 2 rings (SSSR count). The summed E-state index contributed by atoms with van der Waals surface area (Å²) in [6, 6.07) is 6.22. The Balaban J connectivity index is 2.21. The summed E-state index contributed by atoms with van der Waals surface area (Å²) in [6.07, 6.45) is 0. The predicted octanol–water partition coefficient (Wildman–Crippen LogP) is 1.95. The molecule has 0 atom stereocenters. The van der Waals surface area contributed by atoms with Crippen molar-refractivity contribution >= 4 is 11.6 Å². The highest BCUT2D eigenvalue weighted by molar-refractivity contribution is 5.99. The molecule has 1 aliphatic heterocycles. The number of carbonyl (C=O) groups excluding carboxylic acids is 1. The summed E-state index contributed by atoms with van der Waals surface area (Å²) in [5.41, 5.74) is 2.88. The molecule has 0 spiro atoms. The van der Waals surface area contributed by atoms with E-state index in [1.165, 1.54) is 5.56 Å². The highest BCUT2D eigenvalue weighted by Gasteiger charge is 2.37. The Kier molecular flexibility index (Phi) is 4.69. The van der Waals surface area contributed by atoms with Gasteiger partial charge in [-0.05, 0) is 39.3 Å². The lowest BCUT2D eigenvalue weighted by Gasteiger charge is -2.41. The van der Waals surface area contributed by atoms with Crippen LogP contribution in [0.25, 0.3) is 0 Å². The number of rotatable bonds is 3. The fraction of sp³-hybridized carbons (Fsp3) is 0.588. The summed E-state index contributed by atoms with van der Waals surface area (Å²) in [4.78, 5) is 17.0. The fourth-order valence-corrected chi connectivity index (χ4v) is 3.06. The Bertz CT molecular complexity index is 519. The summed E-state index contributed by atoms with van der Waals surface area (Å²) in [6.45, 7) is 11.9. The summed E-state index contributed by atoms with van der Waals surface area (Å²) in [5, 5.41) is 3.34. The zero-order valence-electron chi connectivity index (χ0n) is 13.9. The molecule has 1 saturated heterocycles. The monoisotopic (exact) mass is 289 g/mol. The second-order valence-electron chi connectivity index (χ2n) is 6.45. The van der Waals surface area contributed by atoms with Crippen LogP contribution in [0.2, 0.25) is 0 Å². The summed E-state index contributed by atoms with van der Waals surface area (Å²) in [5.74, 6) is 0.149. The van der Waals surface area contributed by atoms with Crippen LogP contribution in [0.3, 0.4) is 0 Å². The summed E-state index contributed by atoms with van der Waals surface area (Å²) in [7, 11) is 1.88. The maximum absolute atomic E-state index is 13.0. The lowest BCUT2D eigenvalue weighted by atomic mass is 9.98. The Labute approximate surface area is 128 Å². The molecule has 1 aliphatic rings. The molecule has 1 fully saturated rings. The zero-order valence-corrected chi connectivity index (χ0v) is 13.9. The van der Waals surface area contributed by atoms with E-state index in [1.54, 1.807) is 4.90 Å². The molecule has 0 bridgehead atoms. The zero-order chi connectivity index (χ0) is 15.6. The standard InChI is InChI=1S/C17H27N3O/c1-13-6-7-15(14(2)12-13)19(5)16(21)17(3,4)20-10-8-18-9-11-20/h6-7,12,18H,8-11H2,1-5H3. The van der Waals surface area contributed by atoms with Crippen molar-refractivity contribution in [3.63, 3.8) is 0 Å². The number of nitrogens with one attached hydrogen (secondary N) is 1. The van der Waals surface area contributed by atoms with Gasteiger partial charge in [0.15, 0.2) is 0 Å². The van der Waals surface area contributed by atoms with Crippen LogP contribution in [-0.2, 0) is 4.79 Å². The van der Waals surface area contributed by atoms with E-state index in [4.69, 9.17) is 0 Å². The average molecular weight is 289 g/mol. The Hall–Kier alpha value is -1.39. The first-order valence-corrected chi connectivity index (χ1v) is 7.65. The van der Waals surface area contributed by atoms with Crippen molar-refractivity contribution in [3.8, 4) is 0 Å². The van der Waals surface area contributed by atoms with Crippen LogP contribution in [-0.4, -0.2) is 49.6 Å². The minimum Gasteiger partial charge on any atom is -0.314 e. The number of piperazine rings is 1. The van der Waals surface area contributed by atoms with Gasteiger partial charge in [-0.3, -0.25) is 9.69 Å². The predicted molar refractivity (Wildman–Crippen MR) is 87.8 cm³/mol. The number of aryl methyl sites for hydroxylation is 2. The van der Waals surface area contributed by atoms with E-state index in [9.17, 15) is 4.79 Å². The average Bonchev–Trinajstić information content (AvgIpc) is 2.46. The molecular weight excluding hydrogens is 262 g/mol. The number of benzene rings is 1. The maximum Gasteiger partial charge on any atom is 0.246 e. The third-order valence-electron chi connectivity index (χ3n) is 4.45. The van der Waals surface area contributed by atoms with E-state index in [1.807, 2.05) is 27.0 Å². The van der Waals surface area contributed by atoms with Gasteiger partial charge in [-0.15, -0.1) is 0 Å². The van der Waals surface area contributed by atoms with Gasteiger partial charge in [0.2, 0.25) is 5.91 Å². The van der Waals surface area contributed by atoms with Gasteiger partial charge in [0.05, 0.1) is 5.54 Å². The van der Waals surface area contributed by atoms with Crippen molar-refractivity contribution in [3.05, 3.63) is 29.3 Å². The molecule has 0 aromatic heterocycles. The first-order valence-electron chi connectivity index (χ1n) is 7.65. The molecular formula is C17H27N3O. The van der Waals surface area contributed by atoms with Crippen molar-refractivity contribution < 1.29 is 4.79 Å². The molecule has 116 valence electrons. The number of hydrogen-bond donors (Lipinski definition) is 1. The molecule has 1 aromatic carbocycles. The van der Waals surface area contributed by atoms with Crippen LogP contribution < -0.4 is 10.2 Å². The van der Waals surface area contributed by atoms with E-state index in [2.05, 4.69) is 36.2 Å². The van der Waals surface area contributed by atoms with Crippen molar-refractivity contribution in [1.29, 1.82) is 0 Å². The molecule has 1 aromatic rings. The van der Waals surface area contributed by atoms with Gasteiger partial charge >= 0.3 is 0 Å². The van der Waals surface area contributed by atoms with E-state index in [-0.39, 0.29) is 5.91 Å². The first-order chi connectivity index (χ1) is 9.84. The van der Waals surface area contributed by atoms with Crippen LogP contribution in [0.15, 0.2) is 18.2 Å². The van der Waals surface area contributed by atoms with Crippen LogP contribution in [0.5, 0.6) is 0 Å². The number of hydrogen-bond acceptors (Lipinski definition) is 3. The van der Waals surface area contributed by atoms with Crippen LogP contribution in [0.4, 0.5) is 5.69 Å². The van der Waals surface area contributed by atoms with Gasteiger partial charge in [0, 0.05) is 38.9 Å². The van der Waals surface area contributed by atoms with Crippen molar-refractivity contribution in [2.24, 2.45) is 0 Å². The van der Waals surface area contributed by atoms with Crippen molar-refractivity contribution in [1.82, 2.24) is 10.2 Å². The largest absolute Gasteiger partial charge is 0.314 e. The normalized spacial score (nSPS) is 16.8. The first kappa shape index (κ1) is 16.0. The number of amides is 1. The van der Waals surface area contributed by atoms with Gasteiger partial charge in [-0.2, -0.15) is 0 Å². The number of nitrogens with zero attached hydrogens (tertiary/aromatic N) is 2. The Morgan fingerprint density at radius 2 is 1.86 bits per heavy atom. The Morgan fingerprint density at radius 3 is 2.43 bits per heavy atom. The molecule has 21 heavy (non-hydrogen) atoms. The van der Waals surface area contributed by atoms with Gasteiger partial charge in [-0.1, -0.05) is 17.7 Å². The van der Waals surface area contributed by atoms with Gasteiger partial charge in [-0.25, -0.2) is 0 Å². The minimum atomic E-state index is -0.478. The molecule has 1 N–H and O–H groups in total. The molecule has 1 amide bonds. The number of likely N-dealkylation sites (N-methyl/N-ethyl adjacent to an activating group) is 1. The van der Waals surface area contributed by atoms with Crippen LogP contribution in [0.1, 0.15) is 25.0 Å². The second-order valence-corrected chi connectivity index (χ2v) is 6.45. The van der Waals surface area contributed by atoms with Gasteiger partial charge in [0.1, 0.15) is 0 Å². The SMILES string of the molecule is Cc1ccc(N(C)C(=O)C(C)(C)N2CCNCC2)c(C)c1. The smallest absolute Gasteiger partial charge is 0.246 e. The number of anilines is 1. The maximum atomic E-state index is 13.0. The van der Waals surface area contributed by atoms with Gasteiger partial charge in [0.25, 0.3) is 0 Å². The highest BCUT2D eigenvalue weighted by Crippen LogP contribution is 2.25. The quantitative estimate of drug-likeness (QED) is 0.924. The minimum absolute atomic E-state index is 0.149. The van der Waals surface area contributed by atoms with Crippen molar-refractivity contribution in [2.75, 3.05) is 38.1 Å². The Morgan fingerprint density at radius 1 is 1.24 bits per heavy atom. The molecule has 1 heterocycles. The molecule has 0 unspecified atom stereocenters. The molecule has 0 saturated carbocycles. The second kappa shape index (κ2) is 6.16. The summed E-state index contributed by atoms with van der Waals surface area (Å²) < 4.78 is 0. The number of carbonyl (C=O) groups is 1. The van der Waals surface area contributed by atoms with Crippen LogP contribution >= 0.6 is 0 Å². The molecule has 0 aliphatic carbocycles. The summed E-state index contributed by atoms with van der Waals surface area (Å²) >= 11 is 0. The lowest BCUT2D eigenvalue weighted by Crippen LogP contribution is -2.60. The molecule has 4 nitrogen and oxygen atoms in total. The third-order valence-corrected chi connectivity index (χ3v) is 4.45.